The van der Waals surface area contributed by atoms with Gasteiger partial charge in [0.15, 0.2) is 12.4 Å². The minimum Gasteiger partial charge on any atom is -0.484 e. The third-order valence-corrected chi connectivity index (χ3v) is 4.40. The van der Waals surface area contributed by atoms with Crippen molar-refractivity contribution in [3.8, 4) is 17.2 Å². The summed E-state index contributed by atoms with van der Waals surface area (Å²) < 4.78 is 16.3. The van der Waals surface area contributed by atoms with Crippen LogP contribution in [0.5, 0.6) is 5.75 Å². The van der Waals surface area contributed by atoms with Crippen LogP contribution in [-0.4, -0.2) is 16.1 Å². The number of nitrogens with zero attached hydrogens (tertiary/aromatic N) is 2. The van der Waals surface area contributed by atoms with Crippen LogP contribution in [0.3, 0.4) is 0 Å². The first-order chi connectivity index (χ1) is 14.1. The number of amides is 1. The normalized spacial score (nSPS) is 10.7. The molecular weight excluding hydrogens is 417 g/mol. The van der Waals surface area contributed by atoms with Gasteiger partial charge in [-0.2, -0.15) is 0 Å². The molecule has 0 unspecified atom stereocenters. The van der Waals surface area contributed by atoms with Crippen LogP contribution in [0.1, 0.15) is 16.4 Å². The fourth-order valence-corrected chi connectivity index (χ4v) is 2.95. The first-order valence-electron chi connectivity index (χ1n) is 8.44. The topological polar surface area (TPSA) is 90.4 Å². The van der Waals surface area contributed by atoms with Crippen LogP contribution < -0.4 is 10.1 Å². The average Bonchev–Trinajstić information content (AvgIpc) is 3.40. The number of hydrogen-bond donors (Lipinski definition) is 1. The molecule has 0 fully saturated rings. The van der Waals surface area contributed by atoms with Gasteiger partial charge >= 0.3 is 0 Å². The molecule has 0 atom stereocenters. The predicted molar refractivity (Wildman–Crippen MR) is 107 cm³/mol. The van der Waals surface area contributed by atoms with Crippen LogP contribution in [-0.2, 0) is 6.61 Å². The maximum atomic E-state index is 12.0. The second kappa shape index (κ2) is 8.38. The molecule has 1 amide bonds. The quantitative estimate of drug-likeness (QED) is 0.437. The second-order valence-electron chi connectivity index (χ2n) is 5.87. The third-order valence-electron chi connectivity index (χ3n) is 3.85. The van der Waals surface area contributed by atoms with Gasteiger partial charge in [0.2, 0.25) is 5.89 Å². The first-order valence-corrected chi connectivity index (χ1v) is 9.19. The lowest BCUT2D eigenvalue weighted by Gasteiger charge is -2.06. The molecule has 0 aliphatic heterocycles. The number of anilines is 1. The van der Waals surface area contributed by atoms with Gasteiger partial charge in [-0.15, -0.1) is 10.2 Å². The summed E-state index contributed by atoms with van der Waals surface area (Å²) in [5.74, 6) is 1.05. The molecule has 146 valence electrons. The van der Waals surface area contributed by atoms with E-state index in [2.05, 4.69) is 15.5 Å². The molecule has 0 aliphatic rings. The molecule has 7 nitrogen and oxygen atoms in total. The Hall–Kier alpha value is -3.29. The minimum absolute atomic E-state index is 0.0797. The first kappa shape index (κ1) is 19.0. The van der Waals surface area contributed by atoms with E-state index in [0.717, 1.165) is 0 Å². The number of aromatic nitrogens is 2. The Labute approximate surface area is 175 Å². The van der Waals surface area contributed by atoms with Gasteiger partial charge in [-0.1, -0.05) is 23.2 Å². The molecule has 29 heavy (non-hydrogen) atoms. The van der Waals surface area contributed by atoms with Gasteiger partial charge in [0.1, 0.15) is 5.75 Å². The van der Waals surface area contributed by atoms with Crippen molar-refractivity contribution in [2.24, 2.45) is 0 Å². The van der Waals surface area contributed by atoms with Crippen LogP contribution in [0.25, 0.3) is 11.5 Å². The second-order valence-corrected chi connectivity index (χ2v) is 6.71. The van der Waals surface area contributed by atoms with Gasteiger partial charge in [0.05, 0.1) is 16.8 Å². The van der Waals surface area contributed by atoms with Gasteiger partial charge < -0.3 is 18.9 Å². The van der Waals surface area contributed by atoms with Gasteiger partial charge in [-0.3, -0.25) is 4.79 Å². The molecule has 0 radical (unpaired) electrons. The lowest BCUT2D eigenvalue weighted by molar-refractivity contribution is 0.0996. The van der Waals surface area contributed by atoms with Gasteiger partial charge in [-0.05, 0) is 54.6 Å². The summed E-state index contributed by atoms with van der Waals surface area (Å²) >= 11 is 12.0. The standard InChI is InChI=1S/C20H13Cl2N3O4/c21-12-3-8-15(16(22)10-12)20-25-24-18(29-20)11-28-14-6-4-13(5-7-14)23-19(26)17-2-1-9-27-17/h1-10H,11H2,(H,23,26). The highest BCUT2D eigenvalue weighted by atomic mass is 35.5. The molecule has 0 spiro atoms. The van der Waals surface area contributed by atoms with Crippen molar-refractivity contribution >= 4 is 34.8 Å². The molecule has 0 bridgehead atoms. The minimum atomic E-state index is -0.331. The number of furan rings is 1. The lowest BCUT2D eigenvalue weighted by Crippen LogP contribution is -2.10. The molecular formula is C20H13Cl2N3O4. The molecule has 2 aromatic carbocycles. The highest BCUT2D eigenvalue weighted by molar-refractivity contribution is 6.36. The highest BCUT2D eigenvalue weighted by Gasteiger charge is 2.13. The van der Waals surface area contributed by atoms with Crippen LogP contribution in [0.2, 0.25) is 10.0 Å². The number of rotatable bonds is 6. The largest absolute Gasteiger partial charge is 0.484 e. The van der Waals surface area contributed by atoms with Crippen LogP contribution in [0.15, 0.2) is 69.7 Å². The van der Waals surface area contributed by atoms with Gasteiger partial charge in [0, 0.05) is 10.7 Å². The average molecular weight is 430 g/mol. The molecule has 2 aromatic heterocycles. The summed E-state index contributed by atoms with van der Waals surface area (Å²) in [6.07, 6.45) is 1.44. The zero-order valence-electron chi connectivity index (χ0n) is 14.8. The van der Waals surface area contributed by atoms with E-state index in [-0.39, 0.29) is 24.2 Å². The summed E-state index contributed by atoms with van der Waals surface area (Å²) in [6, 6.07) is 15.1. The number of nitrogens with one attached hydrogen (secondary N) is 1. The monoisotopic (exact) mass is 429 g/mol. The number of carbonyl (C=O) groups excluding carboxylic acids is 1. The van der Waals surface area contributed by atoms with E-state index in [0.29, 0.717) is 32.9 Å². The predicted octanol–water partition coefficient (Wildman–Crippen LogP) is 5.47. The summed E-state index contributed by atoms with van der Waals surface area (Å²) in [5.41, 5.74) is 1.20. The van der Waals surface area contributed by atoms with Crippen molar-refractivity contribution in [1.29, 1.82) is 0 Å². The molecule has 9 heteroatoms. The van der Waals surface area contributed by atoms with Gasteiger partial charge in [-0.25, -0.2) is 0 Å². The Morgan fingerprint density at radius 2 is 1.90 bits per heavy atom. The summed E-state index contributed by atoms with van der Waals surface area (Å²) in [4.78, 5) is 12.0. The number of ether oxygens (including phenoxy) is 1. The Balaban J connectivity index is 1.36. The zero-order chi connectivity index (χ0) is 20.2. The van der Waals surface area contributed by atoms with Gasteiger partial charge in [0.25, 0.3) is 11.8 Å². The maximum Gasteiger partial charge on any atom is 0.291 e. The Morgan fingerprint density at radius 3 is 2.62 bits per heavy atom. The van der Waals surface area contributed by atoms with Crippen LogP contribution in [0.4, 0.5) is 5.69 Å². The maximum absolute atomic E-state index is 12.0. The van der Waals surface area contributed by atoms with E-state index in [9.17, 15) is 4.79 Å². The molecule has 4 rings (SSSR count). The summed E-state index contributed by atoms with van der Waals surface area (Å²) in [6.45, 7) is 0.0797. The molecule has 0 saturated carbocycles. The fraction of sp³-hybridized carbons (Fsp3) is 0.0500. The fourth-order valence-electron chi connectivity index (χ4n) is 2.46. The van der Waals surface area contributed by atoms with Crippen molar-refractivity contribution < 1.29 is 18.4 Å². The lowest BCUT2D eigenvalue weighted by atomic mass is 10.2. The Kier molecular flexibility index (Phi) is 5.50. The SMILES string of the molecule is O=C(Nc1ccc(OCc2nnc(-c3ccc(Cl)cc3Cl)o2)cc1)c1ccco1. The smallest absolute Gasteiger partial charge is 0.291 e. The molecule has 0 aliphatic carbocycles. The van der Waals surface area contributed by atoms with Crippen molar-refractivity contribution in [2.45, 2.75) is 6.61 Å². The summed E-state index contributed by atoms with van der Waals surface area (Å²) in [7, 11) is 0. The number of halogens is 2. The van der Waals surface area contributed by atoms with E-state index in [4.69, 9.17) is 36.8 Å². The van der Waals surface area contributed by atoms with E-state index in [1.54, 1.807) is 54.6 Å². The number of benzene rings is 2. The molecule has 4 aromatic rings. The van der Waals surface area contributed by atoms with Crippen molar-refractivity contribution in [1.82, 2.24) is 10.2 Å². The van der Waals surface area contributed by atoms with Crippen molar-refractivity contribution in [3.05, 3.63) is 82.6 Å². The van der Waals surface area contributed by atoms with Crippen molar-refractivity contribution in [3.63, 3.8) is 0 Å². The van der Waals surface area contributed by atoms with E-state index in [1.807, 2.05) is 0 Å². The molecule has 2 heterocycles. The third kappa shape index (κ3) is 4.59. The Morgan fingerprint density at radius 1 is 1.07 bits per heavy atom. The van der Waals surface area contributed by atoms with Crippen LogP contribution in [0, 0.1) is 0 Å². The zero-order valence-corrected chi connectivity index (χ0v) is 16.3. The van der Waals surface area contributed by atoms with E-state index >= 15 is 0 Å². The molecule has 0 saturated heterocycles. The van der Waals surface area contributed by atoms with Crippen LogP contribution >= 0.6 is 23.2 Å². The summed E-state index contributed by atoms with van der Waals surface area (Å²) in [5, 5.41) is 11.6. The van der Waals surface area contributed by atoms with E-state index in [1.165, 1.54) is 6.26 Å². The number of carbonyl (C=O) groups is 1. The number of hydrogen-bond acceptors (Lipinski definition) is 6. The highest BCUT2D eigenvalue weighted by Crippen LogP contribution is 2.29. The Bertz CT molecular complexity index is 1130. The van der Waals surface area contributed by atoms with Crippen molar-refractivity contribution in [2.75, 3.05) is 5.32 Å². The molecule has 1 N–H and O–H groups in total. The van der Waals surface area contributed by atoms with E-state index < -0.39 is 0 Å².